The number of benzene rings is 1. The Labute approximate surface area is 158 Å². The molecular formula is C17H23BN2O6S. The molecular weight excluding hydrogens is 371 g/mol. The van der Waals surface area contributed by atoms with E-state index in [1.54, 1.807) is 6.07 Å². The first-order valence-corrected chi connectivity index (χ1v) is 10.6. The predicted molar refractivity (Wildman–Crippen MR) is 101 cm³/mol. The van der Waals surface area contributed by atoms with E-state index >= 15 is 0 Å². The van der Waals surface area contributed by atoms with Gasteiger partial charge < -0.3 is 19.8 Å². The smallest absolute Gasteiger partial charge is 0.464 e. The third-order valence-corrected chi connectivity index (χ3v) is 6.71. The lowest BCUT2D eigenvalue weighted by molar-refractivity contribution is -0.121. The number of rotatable bonds is 7. The van der Waals surface area contributed by atoms with Gasteiger partial charge in [-0.05, 0) is 30.9 Å². The second-order valence-electron chi connectivity index (χ2n) is 6.72. The van der Waals surface area contributed by atoms with Crippen LogP contribution in [0.1, 0.15) is 24.8 Å². The number of furan rings is 1. The van der Waals surface area contributed by atoms with Gasteiger partial charge in [0.15, 0.2) is 0 Å². The summed E-state index contributed by atoms with van der Waals surface area (Å²) in [7, 11) is -5.04. The minimum absolute atomic E-state index is 0.0332. The highest BCUT2D eigenvalue weighted by molar-refractivity contribution is 7.89. The van der Waals surface area contributed by atoms with Crippen LogP contribution >= 0.6 is 0 Å². The van der Waals surface area contributed by atoms with Gasteiger partial charge in [0.05, 0.1) is 18.0 Å². The van der Waals surface area contributed by atoms with E-state index < -0.39 is 29.0 Å². The average Bonchev–Trinajstić information content (AvgIpc) is 3.03. The number of carbonyl (C=O) groups excluding carboxylic acids is 1. The molecule has 1 fully saturated rings. The number of para-hydroxylation sites is 1. The SMILES string of the molecule is O=C(CCN1CCCCS1(=O)=O)N[C@@H](Cc1coc2ccccc12)B(O)O. The summed E-state index contributed by atoms with van der Waals surface area (Å²) in [4.78, 5) is 12.2. The van der Waals surface area contributed by atoms with Gasteiger partial charge >= 0.3 is 7.12 Å². The molecule has 0 radical (unpaired) electrons. The fraction of sp³-hybridized carbons (Fsp3) is 0.471. The van der Waals surface area contributed by atoms with Gasteiger partial charge in [0.1, 0.15) is 5.58 Å². The zero-order valence-electron chi connectivity index (χ0n) is 14.9. The second-order valence-corrected chi connectivity index (χ2v) is 8.81. The van der Waals surface area contributed by atoms with E-state index in [2.05, 4.69) is 5.32 Å². The van der Waals surface area contributed by atoms with E-state index in [0.29, 0.717) is 18.5 Å². The molecule has 10 heteroatoms. The molecule has 0 saturated carbocycles. The third kappa shape index (κ3) is 4.89. The topological polar surface area (TPSA) is 120 Å². The average molecular weight is 394 g/mol. The molecule has 0 unspecified atom stereocenters. The lowest BCUT2D eigenvalue weighted by Crippen LogP contribution is -2.49. The Bertz CT molecular complexity index is 898. The van der Waals surface area contributed by atoms with Crippen molar-refractivity contribution in [3.05, 3.63) is 36.1 Å². The normalized spacial score (nSPS) is 18.3. The van der Waals surface area contributed by atoms with Crippen LogP contribution in [-0.2, 0) is 21.2 Å². The highest BCUT2D eigenvalue weighted by Crippen LogP contribution is 2.22. The summed E-state index contributed by atoms with van der Waals surface area (Å²) in [6.07, 6.45) is 3.11. The van der Waals surface area contributed by atoms with Gasteiger partial charge in [-0.25, -0.2) is 12.7 Å². The van der Waals surface area contributed by atoms with E-state index in [1.165, 1.54) is 10.6 Å². The number of hydrogen-bond donors (Lipinski definition) is 3. The largest absolute Gasteiger partial charge is 0.475 e. The molecule has 1 aromatic carbocycles. The Morgan fingerprint density at radius 1 is 1.30 bits per heavy atom. The van der Waals surface area contributed by atoms with E-state index in [9.17, 15) is 23.3 Å². The molecule has 2 heterocycles. The monoisotopic (exact) mass is 394 g/mol. The maximum Gasteiger partial charge on any atom is 0.475 e. The van der Waals surface area contributed by atoms with Gasteiger partial charge in [-0.3, -0.25) is 4.79 Å². The predicted octanol–water partition coefficient (Wildman–Crippen LogP) is 0.288. The van der Waals surface area contributed by atoms with Crippen LogP contribution in [-0.4, -0.2) is 60.6 Å². The molecule has 0 aliphatic carbocycles. The summed E-state index contributed by atoms with van der Waals surface area (Å²) in [5, 5.41) is 22.7. The van der Waals surface area contributed by atoms with Crippen LogP contribution < -0.4 is 5.32 Å². The highest BCUT2D eigenvalue weighted by atomic mass is 32.2. The van der Waals surface area contributed by atoms with Crippen molar-refractivity contribution in [3.8, 4) is 0 Å². The first kappa shape index (κ1) is 19.9. The van der Waals surface area contributed by atoms with Crippen molar-refractivity contribution in [2.45, 2.75) is 31.6 Å². The minimum atomic E-state index is -3.29. The van der Waals surface area contributed by atoms with Crippen molar-refractivity contribution in [2.75, 3.05) is 18.8 Å². The van der Waals surface area contributed by atoms with Gasteiger partial charge in [0.2, 0.25) is 15.9 Å². The maximum atomic E-state index is 12.2. The second kappa shape index (κ2) is 8.43. The molecule has 27 heavy (non-hydrogen) atoms. The zero-order chi connectivity index (χ0) is 19.4. The number of amides is 1. The number of nitrogens with zero attached hydrogens (tertiary/aromatic N) is 1. The van der Waals surface area contributed by atoms with Crippen LogP contribution in [0, 0.1) is 0 Å². The zero-order valence-corrected chi connectivity index (χ0v) is 15.7. The molecule has 2 aromatic rings. The summed E-state index contributed by atoms with van der Waals surface area (Å²) < 4.78 is 30.7. The van der Waals surface area contributed by atoms with Crippen molar-refractivity contribution >= 4 is 34.0 Å². The van der Waals surface area contributed by atoms with Gasteiger partial charge in [0, 0.05) is 24.9 Å². The van der Waals surface area contributed by atoms with Crippen LogP contribution in [0.25, 0.3) is 11.0 Å². The number of nitrogens with one attached hydrogen (secondary N) is 1. The van der Waals surface area contributed by atoms with Crippen molar-refractivity contribution in [3.63, 3.8) is 0 Å². The van der Waals surface area contributed by atoms with E-state index in [-0.39, 0.29) is 25.1 Å². The van der Waals surface area contributed by atoms with Crippen LogP contribution in [0.15, 0.2) is 34.9 Å². The third-order valence-electron chi connectivity index (χ3n) is 4.75. The summed E-state index contributed by atoms with van der Waals surface area (Å²) in [5.74, 6) is -1.24. The summed E-state index contributed by atoms with van der Waals surface area (Å²) in [5.41, 5.74) is 1.43. The van der Waals surface area contributed by atoms with Gasteiger partial charge in [-0.15, -0.1) is 0 Å². The van der Waals surface area contributed by atoms with Crippen molar-refractivity contribution in [1.29, 1.82) is 0 Å². The molecule has 1 saturated heterocycles. The maximum absolute atomic E-state index is 12.2. The molecule has 1 aromatic heterocycles. The van der Waals surface area contributed by atoms with Crippen molar-refractivity contribution in [2.24, 2.45) is 0 Å². The Morgan fingerprint density at radius 2 is 2.07 bits per heavy atom. The molecule has 8 nitrogen and oxygen atoms in total. The molecule has 3 rings (SSSR count). The standard InChI is InChI=1S/C17H23BN2O6S/c21-17(7-9-20-8-3-4-10-27(20,24)25)19-16(18(22)23)11-13-12-26-15-6-2-1-5-14(13)15/h1-2,5-6,12,16,22-23H,3-4,7-11H2,(H,19,21)/t16-/m0/s1. The molecule has 1 amide bonds. The van der Waals surface area contributed by atoms with E-state index in [4.69, 9.17) is 4.42 Å². The first-order chi connectivity index (χ1) is 12.9. The summed E-state index contributed by atoms with van der Waals surface area (Å²) in [6, 6.07) is 7.35. The van der Waals surface area contributed by atoms with Crippen molar-refractivity contribution in [1.82, 2.24) is 9.62 Å². The number of fused-ring (bicyclic) bond motifs is 1. The van der Waals surface area contributed by atoms with Gasteiger partial charge in [-0.1, -0.05) is 18.2 Å². The fourth-order valence-electron chi connectivity index (χ4n) is 3.26. The molecule has 3 N–H and O–H groups in total. The van der Waals surface area contributed by atoms with E-state index in [1.807, 2.05) is 18.2 Å². The fourth-order valence-corrected chi connectivity index (χ4v) is 4.86. The van der Waals surface area contributed by atoms with Crippen LogP contribution in [0.3, 0.4) is 0 Å². The van der Waals surface area contributed by atoms with Crippen LogP contribution in [0.2, 0.25) is 0 Å². The molecule has 1 aliphatic rings. The molecule has 146 valence electrons. The Balaban J connectivity index is 1.60. The number of sulfonamides is 1. The number of carbonyl (C=O) groups is 1. The van der Waals surface area contributed by atoms with Gasteiger partial charge in [0.25, 0.3) is 0 Å². The van der Waals surface area contributed by atoms with Crippen LogP contribution in [0.5, 0.6) is 0 Å². The van der Waals surface area contributed by atoms with Gasteiger partial charge in [-0.2, -0.15) is 0 Å². The quantitative estimate of drug-likeness (QED) is 0.581. The molecule has 1 aliphatic heterocycles. The van der Waals surface area contributed by atoms with Crippen LogP contribution in [0.4, 0.5) is 0 Å². The molecule has 0 spiro atoms. The Hall–Kier alpha value is -1.88. The lowest BCUT2D eigenvalue weighted by Gasteiger charge is -2.26. The van der Waals surface area contributed by atoms with E-state index in [0.717, 1.165) is 17.4 Å². The number of hydrogen-bond acceptors (Lipinski definition) is 6. The summed E-state index contributed by atoms with van der Waals surface area (Å²) >= 11 is 0. The lowest BCUT2D eigenvalue weighted by atomic mass is 9.76. The minimum Gasteiger partial charge on any atom is -0.464 e. The highest BCUT2D eigenvalue weighted by Gasteiger charge is 2.29. The molecule has 0 bridgehead atoms. The first-order valence-electron chi connectivity index (χ1n) is 8.95. The molecule has 1 atom stereocenters. The summed E-state index contributed by atoms with van der Waals surface area (Å²) in [6.45, 7) is 0.514. The Morgan fingerprint density at radius 3 is 2.81 bits per heavy atom. The Kier molecular flexibility index (Phi) is 6.20. The van der Waals surface area contributed by atoms with Crippen molar-refractivity contribution < 1.29 is 27.7 Å².